The van der Waals surface area contributed by atoms with Crippen molar-refractivity contribution in [2.75, 3.05) is 0 Å². The Bertz CT molecular complexity index is 558. The molecule has 78 valence electrons. The molecule has 1 aromatic carbocycles. The molecule has 0 atom stereocenters. The number of aliphatic imine (C=N–C) groups is 1. The second kappa shape index (κ2) is 3.13. The Morgan fingerprint density at radius 2 is 2.00 bits per heavy atom. The van der Waals surface area contributed by atoms with Gasteiger partial charge in [-0.05, 0) is 11.6 Å². The van der Waals surface area contributed by atoms with Gasteiger partial charge in [0.2, 0.25) is 5.91 Å². The van der Waals surface area contributed by atoms with Crippen molar-refractivity contribution in [3.8, 4) is 0 Å². The maximum absolute atomic E-state index is 11.6. The van der Waals surface area contributed by atoms with Crippen LogP contribution >= 0.6 is 0 Å². The number of carbonyl (C=O) groups excluding carboxylic acids is 2. The number of amides is 2. The third-order valence-electron chi connectivity index (χ3n) is 2.63. The van der Waals surface area contributed by atoms with Crippen molar-refractivity contribution in [1.82, 2.24) is 4.90 Å². The van der Waals surface area contributed by atoms with Gasteiger partial charge in [0, 0.05) is 11.8 Å². The van der Waals surface area contributed by atoms with E-state index >= 15 is 0 Å². The lowest BCUT2D eigenvalue weighted by atomic mass is 10.0. The average Bonchev–Trinajstić information content (AvgIpc) is 2.28. The molecule has 0 fully saturated rings. The number of benzene rings is 1. The quantitative estimate of drug-likeness (QED) is 0.606. The number of fused-ring (bicyclic) bond motifs is 3. The molecule has 4 heteroatoms. The molecule has 3 rings (SSSR count). The minimum Gasteiger partial charge on any atom is -0.273 e. The SMILES string of the molecule is O=C1CC(=O)N2C=Cc3ccccc3C2=N1. The zero-order chi connectivity index (χ0) is 11.1. The summed E-state index contributed by atoms with van der Waals surface area (Å²) in [5.41, 5.74) is 1.80. The Balaban J connectivity index is 2.23. The van der Waals surface area contributed by atoms with Crippen molar-refractivity contribution in [3.05, 3.63) is 41.6 Å². The van der Waals surface area contributed by atoms with E-state index in [0.717, 1.165) is 11.1 Å². The van der Waals surface area contributed by atoms with Gasteiger partial charge in [-0.15, -0.1) is 0 Å². The van der Waals surface area contributed by atoms with Gasteiger partial charge < -0.3 is 0 Å². The first kappa shape index (κ1) is 9.03. The lowest BCUT2D eigenvalue weighted by Gasteiger charge is -2.27. The third-order valence-corrected chi connectivity index (χ3v) is 2.63. The highest BCUT2D eigenvalue weighted by Gasteiger charge is 2.29. The Morgan fingerprint density at radius 3 is 2.88 bits per heavy atom. The molecule has 0 saturated carbocycles. The van der Waals surface area contributed by atoms with Gasteiger partial charge >= 0.3 is 0 Å². The van der Waals surface area contributed by atoms with E-state index in [0.29, 0.717) is 5.84 Å². The van der Waals surface area contributed by atoms with E-state index in [4.69, 9.17) is 0 Å². The van der Waals surface area contributed by atoms with Gasteiger partial charge in [-0.1, -0.05) is 24.3 Å². The maximum Gasteiger partial charge on any atom is 0.257 e. The monoisotopic (exact) mass is 212 g/mol. The summed E-state index contributed by atoms with van der Waals surface area (Å²) in [5.74, 6) is -0.151. The van der Waals surface area contributed by atoms with Crippen LogP contribution in [0.25, 0.3) is 6.08 Å². The fraction of sp³-hybridized carbons (Fsp3) is 0.0833. The predicted molar refractivity (Wildman–Crippen MR) is 58.5 cm³/mol. The van der Waals surface area contributed by atoms with Crippen molar-refractivity contribution >= 4 is 23.7 Å². The summed E-state index contributed by atoms with van der Waals surface area (Å²) in [6.07, 6.45) is 3.37. The van der Waals surface area contributed by atoms with Crippen LogP contribution in [0.3, 0.4) is 0 Å². The third kappa shape index (κ3) is 1.20. The zero-order valence-electron chi connectivity index (χ0n) is 8.38. The minimum absolute atomic E-state index is 0.143. The van der Waals surface area contributed by atoms with Crippen molar-refractivity contribution in [1.29, 1.82) is 0 Å². The molecule has 0 spiro atoms. The summed E-state index contributed by atoms with van der Waals surface area (Å²) in [7, 11) is 0. The van der Waals surface area contributed by atoms with E-state index in [-0.39, 0.29) is 18.2 Å². The van der Waals surface area contributed by atoms with Crippen molar-refractivity contribution in [2.24, 2.45) is 4.99 Å². The fourth-order valence-electron chi connectivity index (χ4n) is 1.89. The summed E-state index contributed by atoms with van der Waals surface area (Å²) < 4.78 is 0. The number of carbonyl (C=O) groups is 2. The summed E-state index contributed by atoms with van der Waals surface area (Å²) in [5, 5.41) is 0. The van der Waals surface area contributed by atoms with E-state index in [1.807, 2.05) is 30.3 Å². The molecule has 0 N–H and O–H groups in total. The molecule has 0 radical (unpaired) electrons. The zero-order valence-corrected chi connectivity index (χ0v) is 8.38. The fourth-order valence-corrected chi connectivity index (χ4v) is 1.89. The van der Waals surface area contributed by atoms with Gasteiger partial charge in [-0.25, -0.2) is 0 Å². The Morgan fingerprint density at radius 1 is 1.19 bits per heavy atom. The van der Waals surface area contributed by atoms with Crippen molar-refractivity contribution in [2.45, 2.75) is 6.42 Å². The molecule has 1 aromatic rings. The normalized spacial score (nSPS) is 18.0. The summed E-state index contributed by atoms with van der Waals surface area (Å²) in [6.45, 7) is 0. The molecule has 2 aliphatic rings. The average molecular weight is 212 g/mol. The number of hydrogen-bond acceptors (Lipinski definition) is 2. The molecule has 0 bridgehead atoms. The van der Waals surface area contributed by atoms with Gasteiger partial charge in [-0.3, -0.25) is 14.5 Å². The number of hydrogen-bond donors (Lipinski definition) is 0. The highest BCUT2D eigenvalue weighted by molar-refractivity contribution is 6.21. The molecular formula is C12H8N2O2. The van der Waals surface area contributed by atoms with Gasteiger partial charge in [-0.2, -0.15) is 4.99 Å². The molecule has 2 aliphatic heterocycles. The maximum atomic E-state index is 11.6. The summed E-state index contributed by atoms with van der Waals surface area (Å²) in [6, 6.07) is 7.56. The van der Waals surface area contributed by atoms with Gasteiger partial charge in [0.05, 0.1) is 0 Å². The first-order valence-electron chi connectivity index (χ1n) is 4.97. The lowest BCUT2D eigenvalue weighted by molar-refractivity contribution is -0.131. The Kier molecular flexibility index (Phi) is 1.77. The van der Waals surface area contributed by atoms with Crippen LogP contribution in [0.1, 0.15) is 17.5 Å². The molecule has 0 saturated heterocycles. The molecule has 0 aliphatic carbocycles. The standard InChI is InChI=1S/C12H8N2O2/c15-10-7-11(16)14-6-5-8-3-1-2-4-9(8)12(14)13-10/h1-6H,7H2. The highest BCUT2D eigenvalue weighted by Crippen LogP contribution is 2.23. The van der Waals surface area contributed by atoms with Crippen molar-refractivity contribution < 1.29 is 9.59 Å². The van der Waals surface area contributed by atoms with Crippen LogP contribution in [-0.2, 0) is 9.59 Å². The van der Waals surface area contributed by atoms with Crippen LogP contribution in [0.5, 0.6) is 0 Å². The first-order chi connectivity index (χ1) is 7.75. The Labute approximate surface area is 91.9 Å². The summed E-state index contributed by atoms with van der Waals surface area (Å²) >= 11 is 0. The van der Waals surface area contributed by atoms with E-state index in [9.17, 15) is 9.59 Å². The predicted octanol–water partition coefficient (Wildman–Crippen LogP) is 1.18. The van der Waals surface area contributed by atoms with Crippen LogP contribution in [0.2, 0.25) is 0 Å². The molecular weight excluding hydrogens is 204 g/mol. The van der Waals surface area contributed by atoms with Crippen LogP contribution in [0.4, 0.5) is 0 Å². The molecule has 2 heterocycles. The molecule has 0 unspecified atom stereocenters. The highest BCUT2D eigenvalue weighted by atomic mass is 16.2. The number of amidine groups is 1. The van der Waals surface area contributed by atoms with E-state index in [2.05, 4.69) is 4.99 Å². The number of nitrogens with zero attached hydrogens (tertiary/aromatic N) is 2. The second-order valence-corrected chi connectivity index (χ2v) is 3.67. The Hall–Kier alpha value is -2.23. The van der Waals surface area contributed by atoms with Gasteiger partial charge in [0.25, 0.3) is 5.91 Å². The lowest BCUT2D eigenvalue weighted by Crippen LogP contribution is -2.40. The van der Waals surface area contributed by atoms with Gasteiger partial charge in [0.15, 0.2) is 5.84 Å². The van der Waals surface area contributed by atoms with Crippen LogP contribution in [0.15, 0.2) is 35.5 Å². The smallest absolute Gasteiger partial charge is 0.257 e. The van der Waals surface area contributed by atoms with Crippen LogP contribution in [0, 0.1) is 0 Å². The minimum atomic E-state index is -0.374. The topological polar surface area (TPSA) is 49.7 Å². The number of rotatable bonds is 0. The van der Waals surface area contributed by atoms with Crippen molar-refractivity contribution in [3.63, 3.8) is 0 Å². The summed E-state index contributed by atoms with van der Waals surface area (Å²) in [4.78, 5) is 28.3. The van der Waals surface area contributed by atoms with Crippen LogP contribution in [-0.4, -0.2) is 22.5 Å². The van der Waals surface area contributed by atoms with Gasteiger partial charge in [0.1, 0.15) is 6.42 Å². The van der Waals surface area contributed by atoms with Crippen LogP contribution < -0.4 is 0 Å². The molecule has 4 nitrogen and oxygen atoms in total. The van der Waals surface area contributed by atoms with E-state index in [1.54, 1.807) is 6.20 Å². The molecule has 0 aromatic heterocycles. The molecule has 2 amide bonds. The van der Waals surface area contributed by atoms with E-state index < -0.39 is 0 Å². The second-order valence-electron chi connectivity index (χ2n) is 3.67. The largest absolute Gasteiger partial charge is 0.273 e. The molecule has 16 heavy (non-hydrogen) atoms. The first-order valence-corrected chi connectivity index (χ1v) is 4.97. The van der Waals surface area contributed by atoms with E-state index in [1.165, 1.54) is 4.90 Å².